The van der Waals surface area contributed by atoms with E-state index in [0.29, 0.717) is 12.8 Å². The van der Waals surface area contributed by atoms with Crippen LogP contribution >= 0.6 is 0 Å². The minimum absolute atomic E-state index is 0.690. The predicted octanol–water partition coefficient (Wildman–Crippen LogP) is 2.37. The third kappa shape index (κ3) is 3.04. The lowest BCUT2D eigenvalue weighted by atomic mass is 9.84. The lowest BCUT2D eigenvalue weighted by Crippen LogP contribution is -2.43. The van der Waals surface area contributed by atoms with Gasteiger partial charge in [0.1, 0.15) is 0 Å². The molecular weight excluding hydrogens is 232 g/mol. The molecule has 18 heavy (non-hydrogen) atoms. The van der Waals surface area contributed by atoms with Crippen molar-refractivity contribution in [1.82, 2.24) is 0 Å². The van der Waals surface area contributed by atoms with E-state index < -0.39 is 23.0 Å². The molecule has 0 spiro atoms. The van der Waals surface area contributed by atoms with Gasteiger partial charge in [0.15, 0.2) is 11.0 Å². The monoisotopic (exact) mass is 252 g/mol. The highest BCUT2D eigenvalue weighted by Gasteiger charge is 2.43. The summed E-state index contributed by atoms with van der Waals surface area (Å²) in [7, 11) is 0. The zero-order chi connectivity index (χ0) is 13.8. The molecule has 0 aromatic carbocycles. The summed E-state index contributed by atoms with van der Waals surface area (Å²) < 4.78 is 5.45. The number of carbonyl (C=O) groups excluding carboxylic acids is 1. The molecule has 0 bridgehead atoms. The van der Waals surface area contributed by atoms with Gasteiger partial charge in [-0.05, 0) is 46.5 Å². The molecule has 4 heteroatoms. The number of ether oxygens (including phenoxy) is 1. The summed E-state index contributed by atoms with van der Waals surface area (Å²) in [6.07, 6.45) is 4.39. The Morgan fingerprint density at radius 3 is 2.22 bits per heavy atom. The average Bonchev–Trinajstić information content (AvgIpc) is 2.30. The van der Waals surface area contributed by atoms with Gasteiger partial charge in [-0.2, -0.15) is 0 Å². The van der Waals surface area contributed by atoms with Crippen molar-refractivity contribution in [2.75, 3.05) is 0 Å². The van der Waals surface area contributed by atoms with Crippen LogP contribution < -0.4 is 0 Å². The van der Waals surface area contributed by atoms with Crippen molar-refractivity contribution in [3.8, 4) is 11.8 Å². The molecule has 1 aliphatic rings. The van der Waals surface area contributed by atoms with Crippen LogP contribution in [0.15, 0.2) is 0 Å². The van der Waals surface area contributed by atoms with Crippen LogP contribution in [0.3, 0.4) is 0 Å². The molecule has 0 aromatic heterocycles. The highest BCUT2D eigenvalue weighted by atomic mass is 16.6. The number of carboxylic acids is 1. The Kier molecular flexibility index (Phi) is 4.39. The van der Waals surface area contributed by atoms with Crippen molar-refractivity contribution in [2.45, 2.75) is 58.5 Å². The van der Waals surface area contributed by atoms with Gasteiger partial charge in [0, 0.05) is 0 Å². The van der Waals surface area contributed by atoms with E-state index in [1.165, 1.54) is 13.8 Å². The SMILES string of the molecule is CC#CC1(OC(=O)C(C)(C)C(=O)O)CCCCC1. The molecular formula is C14H20O4. The predicted molar refractivity (Wildman–Crippen MR) is 66.8 cm³/mol. The summed E-state index contributed by atoms with van der Waals surface area (Å²) in [6.45, 7) is 4.41. The Balaban J connectivity index is 2.87. The molecule has 1 saturated carbocycles. The van der Waals surface area contributed by atoms with Crippen LogP contribution in [0.25, 0.3) is 0 Å². The molecule has 0 radical (unpaired) electrons. The van der Waals surface area contributed by atoms with Gasteiger partial charge in [0.05, 0.1) is 0 Å². The smallest absolute Gasteiger partial charge is 0.324 e. The quantitative estimate of drug-likeness (QED) is 0.476. The molecule has 0 amide bonds. The number of hydrogen-bond acceptors (Lipinski definition) is 3. The molecule has 4 nitrogen and oxygen atoms in total. The molecule has 0 saturated heterocycles. The Morgan fingerprint density at radius 1 is 1.22 bits per heavy atom. The highest BCUT2D eigenvalue weighted by molar-refractivity contribution is 5.98. The van der Waals surface area contributed by atoms with Gasteiger partial charge in [0.2, 0.25) is 0 Å². The summed E-state index contributed by atoms with van der Waals surface area (Å²) in [6, 6.07) is 0. The standard InChI is InChI=1S/C14H20O4/c1-4-8-14(9-6-5-7-10-14)18-12(17)13(2,3)11(15)16/h5-7,9-10H2,1-3H3,(H,15,16). The van der Waals surface area contributed by atoms with E-state index in [-0.39, 0.29) is 0 Å². The molecule has 0 aliphatic heterocycles. The topological polar surface area (TPSA) is 63.6 Å². The van der Waals surface area contributed by atoms with E-state index in [4.69, 9.17) is 9.84 Å². The Labute approximate surface area is 108 Å². The first-order valence-corrected chi connectivity index (χ1v) is 6.25. The number of aliphatic carboxylic acids is 1. The third-order valence-electron chi connectivity index (χ3n) is 3.35. The number of carboxylic acid groups (broad SMARTS) is 1. The molecule has 1 fully saturated rings. The lowest BCUT2D eigenvalue weighted by Gasteiger charge is -2.34. The second-order valence-corrected chi connectivity index (χ2v) is 5.25. The molecule has 1 N–H and O–H groups in total. The zero-order valence-electron chi connectivity index (χ0n) is 11.2. The fraction of sp³-hybridized carbons (Fsp3) is 0.714. The Bertz CT molecular complexity index is 392. The van der Waals surface area contributed by atoms with E-state index in [1.807, 2.05) is 0 Å². The van der Waals surface area contributed by atoms with E-state index in [1.54, 1.807) is 6.92 Å². The minimum Gasteiger partial charge on any atom is -0.480 e. The maximum absolute atomic E-state index is 12.0. The van der Waals surface area contributed by atoms with Gasteiger partial charge in [-0.25, -0.2) is 0 Å². The van der Waals surface area contributed by atoms with E-state index in [2.05, 4.69) is 11.8 Å². The van der Waals surface area contributed by atoms with Crippen molar-refractivity contribution >= 4 is 11.9 Å². The van der Waals surface area contributed by atoms with Gasteiger partial charge in [0.25, 0.3) is 0 Å². The Hall–Kier alpha value is -1.50. The van der Waals surface area contributed by atoms with Crippen LogP contribution in [-0.2, 0) is 14.3 Å². The first kappa shape index (κ1) is 14.6. The summed E-state index contributed by atoms with van der Waals surface area (Å²) >= 11 is 0. The molecule has 0 heterocycles. The van der Waals surface area contributed by atoms with E-state index >= 15 is 0 Å². The van der Waals surface area contributed by atoms with E-state index in [0.717, 1.165) is 19.3 Å². The van der Waals surface area contributed by atoms with Crippen molar-refractivity contribution < 1.29 is 19.4 Å². The Morgan fingerprint density at radius 2 is 1.78 bits per heavy atom. The number of hydrogen-bond donors (Lipinski definition) is 1. The molecule has 1 aliphatic carbocycles. The van der Waals surface area contributed by atoms with Gasteiger partial charge in [-0.3, -0.25) is 9.59 Å². The molecule has 0 aromatic rings. The van der Waals surface area contributed by atoms with Crippen LogP contribution in [0, 0.1) is 17.3 Å². The van der Waals surface area contributed by atoms with Gasteiger partial charge in [-0.15, -0.1) is 5.92 Å². The van der Waals surface area contributed by atoms with Crippen molar-refractivity contribution in [1.29, 1.82) is 0 Å². The molecule has 0 atom stereocenters. The maximum atomic E-state index is 12.0. The van der Waals surface area contributed by atoms with Crippen LogP contribution in [0.1, 0.15) is 52.9 Å². The average molecular weight is 252 g/mol. The number of esters is 1. The summed E-state index contributed by atoms with van der Waals surface area (Å²) in [5.74, 6) is 3.86. The van der Waals surface area contributed by atoms with E-state index in [9.17, 15) is 9.59 Å². The second-order valence-electron chi connectivity index (χ2n) is 5.25. The summed E-state index contributed by atoms with van der Waals surface area (Å²) in [5.41, 5.74) is -2.31. The summed E-state index contributed by atoms with van der Waals surface area (Å²) in [4.78, 5) is 23.0. The molecule has 100 valence electrons. The van der Waals surface area contributed by atoms with Gasteiger partial charge in [-0.1, -0.05) is 12.3 Å². The zero-order valence-corrected chi connectivity index (χ0v) is 11.2. The van der Waals surface area contributed by atoms with Crippen molar-refractivity contribution in [2.24, 2.45) is 5.41 Å². The first-order valence-electron chi connectivity index (χ1n) is 6.25. The van der Waals surface area contributed by atoms with Crippen LogP contribution in [0.5, 0.6) is 0 Å². The number of carbonyl (C=O) groups is 2. The van der Waals surface area contributed by atoms with Crippen LogP contribution in [0.4, 0.5) is 0 Å². The third-order valence-corrected chi connectivity index (χ3v) is 3.35. The van der Waals surface area contributed by atoms with Crippen molar-refractivity contribution in [3.63, 3.8) is 0 Å². The fourth-order valence-corrected chi connectivity index (χ4v) is 2.00. The minimum atomic E-state index is -1.53. The molecule has 1 rings (SSSR count). The maximum Gasteiger partial charge on any atom is 0.324 e. The van der Waals surface area contributed by atoms with Gasteiger partial charge >= 0.3 is 11.9 Å². The largest absolute Gasteiger partial charge is 0.480 e. The second kappa shape index (κ2) is 5.43. The van der Waals surface area contributed by atoms with Gasteiger partial charge < -0.3 is 9.84 Å². The summed E-state index contributed by atoms with van der Waals surface area (Å²) in [5, 5.41) is 9.02. The first-order chi connectivity index (χ1) is 8.34. The lowest BCUT2D eigenvalue weighted by molar-refractivity contribution is -0.175. The normalized spacial score (nSPS) is 18.4. The highest BCUT2D eigenvalue weighted by Crippen LogP contribution is 2.33. The van der Waals surface area contributed by atoms with Crippen molar-refractivity contribution in [3.05, 3.63) is 0 Å². The van der Waals surface area contributed by atoms with Crippen LogP contribution in [0.2, 0.25) is 0 Å². The fourth-order valence-electron chi connectivity index (χ4n) is 2.00. The van der Waals surface area contributed by atoms with Crippen LogP contribution in [-0.4, -0.2) is 22.6 Å². The number of rotatable bonds is 3. The molecule has 0 unspecified atom stereocenters.